The van der Waals surface area contributed by atoms with Gasteiger partial charge < -0.3 is 5.73 Å². The van der Waals surface area contributed by atoms with Gasteiger partial charge in [-0.15, -0.1) is 0 Å². The zero-order valence-electron chi connectivity index (χ0n) is 10.6. The van der Waals surface area contributed by atoms with Gasteiger partial charge >= 0.3 is 12.4 Å². The number of rotatable bonds is 0. The van der Waals surface area contributed by atoms with Gasteiger partial charge in [-0.3, -0.25) is 0 Å². The Balaban J connectivity index is 0.00000172. The zero-order valence-corrected chi connectivity index (χ0v) is 10.6. The number of nitrogens with two attached hydrogens (primary N) is 1. The Bertz CT molecular complexity index is 442. The third kappa shape index (κ3) is 3.31. The predicted octanol–water partition coefficient (Wildman–Crippen LogP) is 4.92. The molecule has 0 saturated heterocycles. The number of halogens is 8. The first-order valence-corrected chi connectivity index (χ1v) is 5.30. The highest BCUT2D eigenvalue weighted by molar-refractivity contribution is 5.54. The first kappa shape index (κ1) is 18.5. The van der Waals surface area contributed by atoms with E-state index in [1.165, 1.54) is 0 Å². The molecule has 2 N–H and O–H groups in total. The quantitative estimate of drug-likeness (QED) is 0.534. The summed E-state index contributed by atoms with van der Waals surface area (Å²) in [5.74, 6) is -4.31. The fraction of sp³-hybridized carbons (Fsp3) is 0.455. The Morgan fingerprint density at radius 3 is 1.40 bits per heavy atom. The van der Waals surface area contributed by atoms with Gasteiger partial charge in [0.15, 0.2) is 11.6 Å². The third-order valence-corrected chi connectivity index (χ3v) is 2.21. The van der Waals surface area contributed by atoms with E-state index in [0.29, 0.717) is 6.92 Å². The van der Waals surface area contributed by atoms with Crippen molar-refractivity contribution in [3.8, 4) is 0 Å². The van der Waals surface area contributed by atoms with Crippen molar-refractivity contribution in [1.29, 1.82) is 0 Å². The molecule has 0 fully saturated rings. The summed E-state index contributed by atoms with van der Waals surface area (Å²) < 4.78 is 101. The lowest BCUT2D eigenvalue weighted by Gasteiger charge is -2.20. The Labute approximate surface area is 109 Å². The topological polar surface area (TPSA) is 26.0 Å². The number of anilines is 1. The van der Waals surface area contributed by atoms with Crippen LogP contribution in [0.1, 0.15) is 30.5 Å². The standard InChI is InChI=1S/C9H5F8N.C2H6/c1-2-3(8(12,13)14)4(9(15,16)17)6(11)7(18)5(2)10;1-2/h18H2,1H3;1-2H3. The average molecular weight is 309 g/mol. The lowest BCUT2D eigenvalue weighted by atomic mass is 9.98. The number of alkyl halides is 6. The normalized spacial score (nSPS) is 11.9. The van der Waals surface area contributed by atoms with E-state index in [0.717, 1.165) is 0 Å². The van der Waals surface area contributed by atoms with Gasteiger partial charge in [-0.1, -0.05) is 13.8 Å². The molecule has 1 nitrogen and oxygen atoms in total. The molecule has 116 valence electrons. The van der Waals surface area contributed by atoms with E-state index < -0.39 is 46.4 Å². The summed E-state index contributed by atoms with van der Waals surface area (Å²) in [4.78, 5) is 0. The Morgan fingerprint density at radius 1 is 0.750 bits per heavy atom. The molecule has 9 heteroatoms. The van der Waals surface area contributed by atoms with Gasteiger partial charge in [0, 0.05) is 0 Å². The largest absolute Gasteiger partial charge is 0.419 e. The third-order valence-electron chi connectivity index (χ3n) is 2.21. The van der Waals surface area contributed by atoms with E-state index in [1.807, 2.05) is 13.8 Å². The molecule has 1 rings (SSSR count). The van der Waals surface area contributed by atoms with Crippen molar-refractivity contribution in [3.05, 3.63) is 28.3 Å². The van der Waals surface area contributed by atoms with E-state index >= 15 is 0 Å². The lowest BCUT2D eigenvalue weighted by molar-refractivity contribution is -0.164. The van der Waals surface area contributed by atoms with Gasteiger partial charge in [0.25, 0.3) is 0 Å². The van der Waals surface area contributed by atoms with E-state index in [-0.39, 0.29) is 0 Å². The molecule has 0 heterocycles. The minimum atomic E-state index is -5.64. The predicted molar refractivity (Wildman–Crippen MR) is 56.9 cm³/mol. The van der Waals surface area contributed by atoms with Crippen molar-refractivity contribution in [2.75, 3.05) is 5.73 Å². The van der Waals surface area contributed by atoms with Crippen molar-refractivity contribution in [2.45, 2.75) is 33.1 Å². The highest BCUT2D eigenvalue weighted by Gasteiger charge is 2.48. The summed E-state index contributed by atoms with van der Waals surface area (Å²) in [6.07, 6.45) is -11.2. The molecule has 0 aliphatic carbocycles. The van der Waals surface area contributed by atoms with Crippen LogP contribution in [0.3, 0.4) is 0 Å². The molecule has 0 saturated carbocycles. The van der Waals surface area contributed by atoms with E-state index in [9.17, 15) is 35.1 Å². The molecule has 0 aliphatic rings. The van der Waals surface area contributed by atoms with Crippen molar-refractivity contribution < 1.29 is 35.1 Å². The molecule has 1 aromatic carbocycles. The molecule has 0 unspecified atom stereocenters. The summed E-state index contributed by atoms with van der Waals surface area (Å²) in [6.45, 7) is 4.45. The highest BCUT2D eigenvalue weighted by Crippen LogP contribution is 2.45. The first-order valence-electron chi connectivity index (χ1n) is 5.30. The van der Waals surface area contributed by atoms with Crippen LogP contribution in [0.2, 0.25) is 0 Å². The van der Waals surface area contributed by atoms with Gasteiger partial charge in [-0.05, 0) is 12.5 Å². The SMILES string of the molecule is CC.Cc1c(F)c(N)c(F)c(C(F)(F)F)c1C(F)(F)F. The highest BCUT2D eigenvalue weighted by atomic mass is 19.4. The molecule has 0 aliphatic heterocycles. The molecule has 20 heavy (non-hydrogen) atoms. The molecule has 0 spiro atoms. The molecule has 0 amide bonds. The second-order valence-corrected chi connectivity index (χ2v) is 3.41. The molecule has 0 aromatic heterocycles. The maximum Gasteiger partial charge on any atom is 0.419 e. The summed E-state index contributed by atoms with van der Waals surface area (Å²) in [6, 6.07) is 0. The van der Waals surface area contributed by atoms with Gasteiger partial charge in [0.1, 0.15) is 11.3 Å². The van der Waals surface area contributed by atoms with Crippen molar-refractivity contribution in [3.63, 3.8) is 0 Å². The van der Waals surface area contributed by atoms with Crippen LogP contribution in [0.15, 0.2) is 0 Å². The van der Waals surface area contributed by atoms with Gasteiger partial charge in [-0.25, -0.2) is 8.78 Å². The minimum absolute atomic E-state index is 0.448. The van der Waals surface area contributed by atoms with Crippen LogP contribution < -0.4 is 5.73 Å². The number of hydrogen-bond donors (Lipinski definition) is 1. The second-order valence-electron chi connectivity index (χ2n) is 3.41. The summed E-state index contributed by atoms with van der Waals surface area (Å²) in [7, 11) is 0. The van der Waals surface area contributed by atoms with Crippen LogP contribution in [0.4, 0.5) is 40.8 Å². The van der Waals surface area contributed by atoms with E-state index in [1.54, 1.807) is 0 Å². The van der Waals surface area contributed by atoms with Crippen LogP contribution in [-0.2, 0) is 12.4 Å². The first-order chi connectivity index (χ1) is 8.89. The van der Waals surface area contributed by atoms with Crippen LogP contribution in [0.5, 0.6) is 0 Å². The fourth-order valence-electron chi connectivity index (χ4n) is 1.46. The summed E-state index contributed by atoms with van der Waals surface area (Å²) in [5, 5.41) is 0. The lowest BCUT2D eigenvalue weighted by Crippen LogP contribution is -2.22. The maximum atomic E-state index is 13.1. The van der Waals surface area contributed by atoms with Gasteiger partial charge in [0.05, 0.1) is 5.56 Å². The van der Waals surface area contributed by atoms with Crippen molar-refractivity contribution in [2.24, 2.45) is 0 Å². The van der Waals surface area contributed by atoms with Crippen LogP contribution in [-0.4, -0.2) is 0 Å². The van der Waals surface area contributed by atoms with E-state index in [2.05, 4.69) is 5.73 Å². The van der Waals surface area contributed by atoms with Crippen LogP contribution >= 0.6 is 0 Å². The van der Waals surface area contributed by atoms with Gasteiger partial charge in [0.2, 0.25) is 0 Å². The number of nitrogen functional groups attached to an aromatic ring is 1. The molecular formula is C11H11F8N. The monoisotopic (exact) mass is 309 g/mol. The molecule has 0 atom stereocenters. The number of benzene rings is 1. The molecule has 1 aromatic rings. The molecular weight excluding hydrogens is 298 g/mol. The van der Waals surface area contributed by atoms with Crippen LogP contribution in [0.25, 0.3) is 0 Å². The van der Waals surface area contributed by atoms with Crippen molar-refractivity contribution >= 4 is 5.69 Å². The Hall–Kier alpha value is -1.54. The molecule has 0 bridgehead atoms. The zero-order chi connectivity index (χ0) is 16.5. The average Bonchev–Trinajstić information content (AvgIpc) is 2.30. The second kappa shape index (κ2) is 5.84. The Kier molecular flexibility index (Phi) is 5.39. The summed E-state index contributed by atoms with van der Waals surface area (Å²) >= 11 is 0. The fourth-order valence-corrected chi connectivity index (χ4v) is 1.46. The number of hydrogen-bond acceptors (Lipinski definition) is 1. The van der Waals surface area contributed by atoms with Gasteiger partial charge in [-0.2, -0.15) is 26.3 Å². The Morgan fingerprint density at radius 2 is 1.10 bits per heavy atom. The van der Waals surface area contributed by atoms with E-state index in [4.69, 9.17) is 0 Å². The minimum Gasteiger partial charge on any atom is -0.394 e. The maximum absolute atomic E-state index is 13.1. The molecule has 0 radical (unpaired) electrons. The smallest absolute Gasteiger partial charge is 0.394 e. The van der Waals surface area contributed by atoms with Crippen molar-refractivity contribution in [1.82, 2.24) is 0 Å². The summed E-state index contributed by atoms with van der Waals surface area (Å²) in [5.41, 5.74) is -3.32. The van der Waals surface area contributed by atoms with Crippen LogP contribution in [0, 0.1) is 18.6 Å².